The molecule has 0 bridgehead atoms. The quantitative estimate of drug-likeness (QED) is 0.561. The van der Waals surface area contributed by atoms with Crippen LogP contribution in [0.1, 0.15) is 45.9 Å². The third kappa shape index (κ3) is 3.82. The van der Waals surface area contributed by atoms with E-state index in [1.807, 2.05) is 31.7 Å². The molecule has 3 aliphatic rings. The number of nitrogens with one attached hydrogen (secondary N) is 3. The van der Waals surface area contributed by atoms with E-state index in [2.05, 4.69) is 31.6 Å². The second-order valence-electron chi connectivity index (χ2n) is 8.98. The van der Waals surface area contributed by atoms with Crippen molar-refractivity contribution in [3.05, 3.63) is 53.1 Å². The van der Waals surface area contributed by atoms with Gasteiger partial charge in [-0.05, 0) is 36.1 Å². The Morgan fingerprint density at radius 2 is 2.09 bits per heavy atom. The van der Waals surface area contributed by atoms with Crippen LogP contribution in [0.4, 0.5) is 0 Å². The van der Waals surface area contributed by atoms with Gasteiger partial charge in [-0.1, -0.05) is 12.1 Å². The van der Waals surface area contributed by atoms with Crippen LogP contribution in [0.3, 0.4) is 0 Å². The lowest BCUT2D eigenvalue weighted by atomic mass is 9.93. The van der Waals surface area contributed by atoms with Gasteiger partial charge in [-0.15, -0.1) is 0 Å². The van der Waals surface area contributed by atoms with Gasteiger partial charge in [0.1, 0.15) is 6.04 Å². The number of imide groups is 1. The van der Waals surface area contributed by atoms with Gasteiger partial charge in [0.2, 0.25) is 11.8 Å². The van der Waals surface area contributed by atoms with Gasteiger partial charge in [-0.2, -0.15) is 0 Å². The highest BCUT2D eigenvalue weighted by molar-refractivity contribution is 6.05. The van der Waals surface area contributed by atoms with Crippen molar-refractivity contribution in [1.82, 2.24) is 30.4 Å². The summed E-state index contributed by atoms with van der Waals surface area (Å²) in [5.74, 6) is 0.147. The molecule has 9 heteroatoms. The van der Waals surface area contributed by atoms with Crippen molar-refractivity contribution in [3.8, 4) is 0 Å². The number of rotatable bonds is 6. The Bertz CT molecular complexity index is 1060. The largest absolute Gasteiger partial charge is 0.337 e. The number of imidazole rings is 1. The topological polar surface area (TPSA) is 108 Å². The first-order chi connectivity index (χ1) is 15.5. The van der Waals surface area contributed by atoms with Crippen LogP contribution in [0.25, 0.3) is 0 Å². The Balaban J connectivity index is 1.20. The van der Waals surface area contributed by atoms with E-state index >= 15 is 0 Å². The molecule has 2 aromatic rings. The van der Waals surface area contributed by atoms with Gasteiger partial charge in [0.15, 0.2) is 0 Å². The van der Waals surface area contributed by atoms with Gasteiger partial charge in [0, 0.05) is 63.0 Å². The van der Waals surface area contributed by atoms with E-state index < -0.39 is 6.04 Å². The Morgan fingerprint density at radius 1 is 1.22 bits per heavy atom. The predicted octanol–water partition coefficient (Wildman–Crippen LogP) is 0.274. The molecule has 0 spiro atoms. The lowest BCUT2D eigenvalue weighted by molar-refractivity contribution is -0.136. The van der Waals surface area contributed by atoms with Gasteiger partial charge < -0.3 is 20.1 Å². The van der Waals surface area contributed by atoms with Gasteiger partial charge in [0.25, 0.3) is 5.91 Å². The molecule has 32 heavy (non-hydrogen) atoms. The molecular formula is C23H28N6O3. The number of carbonyl (C=O) groups is 3. The summed E-state index contributed by atoms with van der Waals surface area (Å²) >= 11 is 0. The number of fused-ring (bicyclic) bond motifs is 1. The van der Waals surface area contributed by atoms with E-state index in [1.165, 1.54) is 5.69 Å². The second-order valence-corrected chi connectivity index (χ2v) is 8.98. The average molecular weight is 437 g/mol. The van der Waals surface area contributed by atoms with E-state index in [-0.39, 0.29) is 24.1 Å². The molecule has 5 rings (SSSR count). The summed E-state index contributed by atoms with van der Waals surface area (Å²) in [5, 5.41) is 9.41. The van der Waals surface area contributed by atoms with E-state index in [9.17, 15) is 14.4 Å². The van der Waals surface area contributed by atoms with Crippen LogP contribution in [0.15, 0.2) is 30.7 Å². The standard InChI is InChI=1S/C23H28N6O3/c1-28-13-26-11-20(28)18-10-25-9-16(18)8-24-7-14-2-3-17-15(6-14)12-29(23(17)32)19-4-5-21(30)27-22(19)31/h2-3,6,11,13,16,18-19,24-25H,4-5,7-10,12H2,1H3,(H,27,30,31)/t16-,18-,19?/m1/s1. The molecule has 9 nitrogen and oxygen atoms in total. The van der Waals surface area contributed by atoms with Gasteiger partial charge in [0.05, 0.1) is 6.33 Å². The molecule has 0 radical (unpaired) electrons. The van der Waals surface area contributed by atoms with Crippen molar-refractivity contribution in [2.75, 3.05) is 19.6 Å². The second kappa shape index (κ2) is 8.48. The highest BCUT2D eigenvalue weighted by Gasteiger charge is 2.39. The zero-order chi connectivity index (χ0) is 22.2. The van der Waals surface area contributed by atoms with Crippen molar-refractivity contribution in [3.63, 3.8) is 0 Å². The fourth-order valence-electron chi connectivity index (χ4n) is 5.16. The van der Waals surface area contributed by atoms with Crippen LogP contribution < -0.4 is 16.0 Å². The monoisotopic (exact) mass is 436 g/mol. The third-order valence-corrected chi connectivity index (χ3v) is 6.90. The fourth-order valence-corrected chi connectivity index (χ4v) is 5.16. The fraction of sp³-hybridized carbons (Fsp3) is 0.478. The summed E-state index contributed by atoms with van der Waals surface area (Å²) in [7, 11) is 2.04. The van der Waals surface area contributed by atoms with Crippen LogP contribution in [-0.4, -0.2) is 57.8 Å². The molecule has 3 amide bonds. The van der Waals surface area contributed by atoms with Crippen LogP contribution in [0.5, 0.6) is 0 Å². The summed E-state index contributed by atoms with van der Waals surface area (Å²) in [6, 6.07) is 5.31. The molecule has 3 atom stereocenters. The maximum absolute atomic E-state index is 12.8. The maximum Gasteiger partial charge on any atom is 0.255 e. The molecule has 2 fully saturated rings. The summed E-state index contributed by atoms with van der Waals surface area (Å²) in [4.78, 5) is 42.3. The van der Waals surface area contributed by atoms with Gasteiger partial charge in [-0.3, -0.25) is 19.7 Å². The third-order valence-electron chi connectivity index (χ3n) is 6.90. The summed E-state index contributed by atoms with van der Waals surface area (Å²) in [6.07, 6.45) is 4.45. The summed E-state index contributed by atoms with van der Waals surface area (Å²) in [5.41, 5.74) is 3.96. The molecule has 168 valence electrons. The van der Waals surface area contributed by atoms with Crippen molar-refractivity contribution >= 4 is 17.7 Å². The van der Waals surface area contributed by atoms with Gasteiger partial charge >= 0.3 is 0 Å². The molecule has 1 aromatic carbocycles. The van der Waals surface area contributed by atoms with Crippen molar-refractivity contribution < 1.29 is 14.4 Å². The predicted molar refractivity (Wildman–Crippen MR) is 117 cm³/mol. The Hall–Kier alpha value is -3.04. The number of amides is 3. The zero-order valence-electron chi connectivity index (χ0n) is 18.1. The van der Waals surface area contributed by atoms with Crippen molar-refractivity contribution in [2.24, 2.45) is 13.0 Å². The molecule has 1 unspecified atom stereocenters. The minimum Gasteiger partial charge on any atom is -0.337 e. The number of hydrogen-bond acceptors (Lipinski definition) is 6. The highest BCUT2D eigenvalue weighted by atomic mass is 16.2. The molecule has 4 heterocycles. The van der Waals surface area contributed by atoms with Crippen LogP contribution in [0, 0.1) is 5.92 Å². The number of aryl methyl sites for hydroxylation is 1. The molecule has 3 N–H and O–H groups in total. The van der Waals surface area contributed by atoms with Crippen molar-refractivity contribution in [1.29, 1.82) is 0 Å². The number of carbonyl (C=O) groups excluding carboxylic acids is 3. The Morgan fingerprint density at radius 3 is 2.88 bits per heavy atom. The van der Waals surface area contributed by atoms with Gasteiger partial charge in [-0.25, -0.2) is 4.98 Å². The zero-order valence-corrected chi connectivity index (χ0v) is 18.1. The molecule has 0 aliphatic carbocycles. The first kappa shape index (κ1) is 20.8. The van der Waals surface area contributed by atoms with Crippen LogP contribution in [0.2, 0.25) is 0 Å². The van der Waals surface area contributed by atoms with E-state index in [0.29, 0.717) is 36.9 Å². The average Bonchev–Trinajstić information content (AvgIpc) is 3.47. The maximum atomic E-state index is 12.8. The first-order valence-electron chi connectivity index (χ1n) is 11.2. The van der Waals surface area contributed by atoms with E-state index in [1.54, 1.807) is 4.90 Å². The molecule has 2 saturated heterocycles. The first-order valence-corrected chi connectivity index (χ1v) is 11.2. The normalized spacial score (nSPS) is 25.3. The number of hydrogen-bond donors (Lipinski definition) is 3. The van der Waals surface area contributed by atoms with Crippen LogP contribution in [-0.2, 0) is 29.7 Å². The Kier molecular flexibility index (Phi) is 5.52. The van der Waals surface area contributed by atoms with Crippen LogP contribution >= 0.6 is 0 Å². The minimum absolute atomic E-state index is 0.134. The molecular weight excluding hydrogens is 408 g/mol. The lowest BCUT2D eigenvalue weighted by Crippen LogP contribution is -2.52. The van der Waals surface area contributed by atoms with Crippen molar-refractivity contribution in [2.45, 2.75) is 37.9 Å². The smallest absolute Gasteiger partial charge is 0.255 e. The lowest BCUT2D eigenvalue weighted by Gasteiger charge is -2.29. The Labute approximate surface area is 186 Å². The number of piperidine rings is 1. The number of benzene rings is 1. The number of nitrogens with zero attached hydrogens (tertiary/aromatic N) is 3. The molecule has 0 saturated carbocycles. The highest BCUT2D eigenvalue weighted by Crippen LogP contribution is 2.29. The SMILES string of the molecule is Cn1cncc1[C@@H]1CNC[C@H]1CNCc1ccc2c(c1)CN(C1CCC(=O)NC1=O)C2=O. The summed E-state index contributed by atoms with van der Waals surface area (Å²) in [6.45, 7) is 3.95. The van der Waals surface area contributed by atoms with E-state index in [0.717, 1.165) is 30.8 Å². The molecule has 1 aromatic heterocycles. The number of aromatic nitrogens is 2. The molecule has 3 aliphatic heterocycles. The minimum atomic E-state index is -0.576. The van der Waals surface area contributed by atoms with E-state index in [4.69, 9.17) is 0 Å². The summed E-state index contributed by atoms with van der Waals surface area (Å²) < 4.78 is 2.09.